The van der Waals surface area contributed by atoms with Crippen molar-refractivity contribution in [3.63, 3.8) is 0 Å². The van der Waals surface area contributed by atoms with Crippen LogP contribution in [0.25, 0.3) is 0 Å². The van der Waals surface area contributed by atoms with E-state index in [4.69, 9.17) is 0 Å². The van der Waals surface area contributed by atoms with Gasteiger partial charge in [-0.15, -0.1) is 0 Å². The van der Waals surface area contributed by atoms with Crippen LogP contribution in [0.1, 0.15) is 54.6 Å². The fourth-order valence-electron chi connectivity index (χ4n) is 3.59. The first kappa shape index (κ1) is 14.5. The quantitative estimate of drug-likeness (QED) is 0.872. The second-order valence-electron chi connectivity index (χ2n) is 6.83. The zero-order valence-corrected chi connectivity index (χ0v) is 14.0. The molecule has 122 valence electrons. The molecule has 2 aromatic heterocycles. The molecular weight excluding hydrogens is 290 g/mol. The number of hydrogen-bond donors (Lipinski definition) is 0. The Hall–Kier alpha value is -2.11. The first-order valence-electron chi connectivity index (χ1n) is 8.40. The van der Waals surface area contributed by atoms with Crippen LogP contribution in [0, 0.1) is 13.8 Å². The summed E-state index contributed by atoms with van der Waals surface area (Å²) >= 11 is 0. The Balaban J connectivity index is 1.52. The predicted molar refractivity (Wildman–Crippen MR) is 86.0 cm³/mol. The van der Waals surface area contributed by atoms with E-state index in [2.05, 4.69) is 14.6 Å². The lowest BCUT2D eigenvalue weighted by Gasteiger charge is -2.29. The Kier molecular flexibility index (Phi) is 3.28. The molecule has 2 aliphatic rings. The lowest BCUT2D eigenvalue weighted by Crippen LogP contribution is -2.40. The molecule has 0 N–H and O–H groups in total. The third kappa shape index (κ3) is 2.46. The lowest BCUT2D eigenvalue weighted by atomic mass is 10.1. The number of nitrogens with zero attached hydrogens (tertiary/aromatic N) is 5. The predicted octanol–water partition coefficient (Wildman–Crippen LogP) is 2.18. The highest BCUT2D eigenvalue weighted by Gasteiger charge is 2.32. The van der Waals surface area contributed by atoms with Gasteiger partial charge in [-0.1, -0.05) is 0 Å². The van der Waals surface area contributed by atoms with Crippen LogP contribution in [0.5, 0.6) is 0 Å². The molecule has 1 aliphatic carbocycles. The van der Waals surface area contributed by atoms with Crippen molar-refractivity contribution in [2.45, 2.75) is 58.7 Å². The summed E-state index contributed by atoms with van der Waals surface area (Å²) in [6.07, 6.45) is 5.39. The van der Waals surface area contributed by atoms with Crippen LogP contribution in [0.4, 0.5) is 0 Å². The maximum Gasteiger partial charge on any atom is 0.247 e. The topological polar surface area (TPSA) is 56.0 Å². The number of amides is 1. The Labute approximate surface area is 136 Å². The Morgan fingerprint density at radius 2 is 2.13 bits per heavy atom. The highest BCUT2D eigenvalue weighted by molar-refractivity contribution is 5.80. The molecule has 3 heterocycles. The molecule has 2 aromatic rings. The largest absolute Gasteiger partial charge is 0.334 e. The molecule has 1 fully saturated rings. The van der Waals surface area contributed by atoms with Crippen LogP contribution in [0.2, 0.25) is 0 Å². The molecule has 0 bridgehead atoms. The standard InChI is InChI=1S/C17H23N5O/c1-11-8-12(2)22(19-11)13(3)17(23)20-7-6-16-15(9-20)18-10-21(16)14-4-5-14/h8,10,13-14H,4-7,9H2,1-3H3/t13-/m0/s1. The number of hydrogen-bond acceptors (Lipinski definition) is 3. The van der Waals surface area contributed by atoms with Gasteiger partial charge in [-0.05, 0) is 39.7 Å². The van der Waals surface area contributed by atoms with Crippen molar-refractivity contribution in [1.29, 1.82) is 0 Å². The maximum absolute atomic E-state index is 12.9. The zero-order valence-electron chi connectivity index (χ0n) is 14.0. The molecule has 0 radical (unpaired) electrons. The Morgan fingerprint density at radius 3 is 2.78 bits per heavy atom. The van der Waals surface area contributed by atoms with Crippen LogP contribution in [0.15, 0.2) is 12.4 Å². The minimum absolute atomic E-state index is 0.128. The number of fused-ring (bicyclic) bond motifs is 1. The van der Waals surface area contributed by atoms with Gasteiger partial charge in [0.1, 0.15) is 6.04 Å². The van der Waals surface area contributed by atoms with E-state index in [-0.39, 0.29) is 11.9 Å². The highest BCUT2D eigenvalue weighted by atomic mass is 16.2. The van der Waals surface area contributed by atoms with E-state index in [0.29, 0.717) is 12.6 Å². The highest BCUT2D eigenvalue weighted by Crippen LogP contribution is 2.37. The smallest absolute Gasteiger partial charge is 0.247 e. The van der Waals surface area contributed by atoms with Gasteiger partial charge in [-0.25, -0.2) is 4.98 Å². The molecule has 4 rings (SSSR count). The molecular formula is C17H23N5O. The number of aryl methyl sites for hydroxylation is 2. The van der Waals surface area contributed by atoms with Crippen LogP contribution < -0.4 is 0 Å². The fourth-order valence-corrected chi connectivity index (χ4v) is 3.59. The van der Waals surface area contributed by atoms with E-state index in [1.165, 1.54) is 18.5 Å². The Morgan fingerprint density at radius 1 is 1.35 bits per heavy atom. The second-order valence-corrected chi connectivity index (χ2v) is 6.83. The van der Waals surface area contributed by atoms with Crippen molar-refractivity contribution in [3.8, 4) is 0 Å². The normalized spacial score (nSPS) is 18.8. The van der Waals surface area contributed by atoms with E-state index in [1.807, 2.05) is 42.7 Å². The molecule has 0 saturated heterocycles. The van der Waals surface area contributed by atoms with Gasteiger partial charge in [-0.3, -0.25) is 9.48 Å². The van der Waals surface area contributed by atoms with Gasteiger partial charge >= 0.3 is 0 Å². The molecule has 0 aromatic carbocycles. The van der Waals surface area contributed by atoms with Crippen molar-refractivity contribution in [2.24, 2.45) is 0 Å². The molecule has 1 atom stereocenters. The van der Waals surface area contributed by atoms with Gasteiger partial charge < -0.3 is 9.47 Å². The number of aromatic nitrogens is 4. The number of carbonyl (C=O) groups is 1. The summed E-state index contributed by atoms with van der Waals surface area (Å²) in [5, 5.41) is 4.46. The summed E-state index contributed by atoms with van der Waals surface area (Å²) in [4.78, 5) is 19.3. The van der Waals surface area contributed by atoms with Crippen molar-refractivity contribution in [3.05, 3.63) is 35.2 Å². The van der Waals surface area contributed by atoms with Gasteiger partial charge in [0.25, 0.3) is 0 Å². The van der Waals surface area contributed by atoms with Gasteiger partial charge in [-0.2, -0.15) is 5.10 Å². The van der Waals surface area contributed by atoms with Crippen LogP contribution >= 0.6 is 0 Å². The van der Waals surface area contributed by atoms with Crippen molar-refractivity contribution in [2.75, 3.05) is 6.54 Å². The van der Waals surface area contributed by atoms with E-state index in [1.54, 1.807) is 0 Å². The second kappa shape index (κ2) is 5.22. The molecule has 0 spiro atoms. The summed E-state index contributed by atoms with van der Waals surface area (Å²) < 4.78 is 4.15. The summed E-state index contributed by atoms with van der Waals surface area (Å²) in [5.74, 6) is 0.128. The van der Waals surface area contributed by atoms with Crippen LogP contribution in [-0.4, -0.2) is 36.7 Å². The first-order valence-corrected chi connectivity index (χ1v) is 8.40. The van der Waals surface area contributed by atoms with E-state index in [0.717, 1.165) is 30.0 Å². The molecule has 1 aliphatic heterocycles. The van der Waals surface area contributed by atoms with Crippen LogP contribution in [0.3, 0.4) is 0 Å². The third-order valence-corrected chi connectivity index (χ3v) is 4.96. The minimum Gasteiger partial charge on any atom is -0.334 e. The van der Waals surface area contributed by atoms with E-state index < -0.39 is 0 Å². The molecule has 1 saturated carbocycles. The van der Waals surface area contributed by atoms with E-state index in [9.17, 15) is 4.79 Å². The van der Waals surface area contributed by atoms with Crippen LogP contribution in [-0.2, 0) is 17.8 Å². The summed E-state index contributed by atoms with van der Waals surface area (Å²) in [5.41, 5.74) is 4.37. The molecule has 0 unspecified atom stereocenters. The first-order chi connectivity index (χ1) is 11.0. The van der Waals surface area contributed by atoms with Crippen molar-refractivity contribution < 1.29 is 4.79 Å². The number of imidazole rings is 1. The van der Waals surface area contributed by atoms with Crippen molar-refractivity contribution in [1.82, 2.24) is 24.2 Å². The summed E-state index contributed by atoms with van der Waals surface area (Å²) in [6.45, 7) is 7.28. The average Bonchev–Trinajstić information content (AvgIpc) is 3.20. The van der Waals surface area contributed by atoms with E-state index >= 15 is 0 Å². The van der Waals surface area contributed by atoms with Gasteiger partial charge in [0.2, 0.25) is 5.91 Å². The monoisotopic (exact) mass is 313 g/mol. The van der Waals surface area contributed by atoms with Crippen molar-refractivity contribution >= 4 is 5.91 Å². The summed E-state index contributed by atoms with van der Waals surface area (Å²) in [7, 11) is 0. The molecule has 1 amide bonds. The molecule has 6 nitrogen and oxygen atoms in total. The van der Waals surface area contributed by atoms with Gasteiger partial charge in [0.15, 0.2) is 0 Å². The Bertz CT molecular complexity index is 755. The SMILES string of the molecule is Cc1cc(C)n([C@@H](C)C(=O)N2CCc3c(ncn3C3CC3)C2)n1. The fraction of sp³-hybridized carbons (Fsp3) is 0.588. The average molecular weight is 313 g/mol. The zero-order chi connectivity index (χ0) is 16.1. The van der Waals surface area contributed by atoms with Gasteiger partial charge in [0, 0.05) is 30.4 Å². The number of rotatable bonds is 3. The minimum atomic E-state index is -0.268. The molecule has 6 heteroatoms. The van der Waals surface area contributed by atoms with Gasteiger partial charge in [0.05, 0.1) is 24.3 Å². The summed E-state index contributed by atoms with van der Waals surface area (Å²) in [6, 6.07) is 2.40. The maximum atomic E-state index is 12.9. The lowest BCUT2D eigenvalue weighted by molar-refractivity contribution is -0.135. The number of carbonyl (C=O) groups excluding carboxylic acids is 1. The molecule has 23 heavy (non-hydrogen) atoms. The third-order valence-electron chi connectivity index (χ3n) is 4.96.